The van der Waals surface area contributed by atoms with Crippen LogP contribution in [0.1, 0.15) is 20.3 Å². The number of methoxy groups -OCH3 is 1. The third-order valence-corrected chi connectivity index (χ3v) is 3.41. The lowest BCUT2D eigenvalue weighted by Crippen LogP contribution is -2.47. The van der Waals surface area contributed by atoms with E-state index in [0.717, 1.165) is 0 Å². The number of nitrogens with one attached hydrogen (secondary N) is 1. The molecule has 0 saturated carbocycles. The summed E-state index contributed by atoms with van der Waals surface area (Å²) in [5.41, 5.74) is -0.230. The molecule has 126 valence electrons. The molecule has 8 nitrogen and oxygen atoms in total. The molecule has 8 heteroatoms. The summed E-state index contributed by atoms with van der Waals surface area (Å²) in [7, 11) is 1.24. The van der Waals surface area contributed by atoms with Crippen LogP contribution in [-0.2, 0) is 14.3 Å². The van der Waals surface area contributed by atoms with Crippen LogP contribution in [0.15, 0.2) is 24.3 Å². The van der Waals surface area contributed by atoms with Crippen molar-refractivity contribution in [1.29, 1.82) is 0 Å². The topological polar surface area (TPSA) is 108 Å². The second-order valence-corrected chi connectivity index (χ2v) is 4.97. The van der Waals surface area contributed by atoms with E-state index in [1.807, 2.05) is 13.8 Å². The van der Waals surface area contributed by atoms with E-state index in [2.05, 4.69) is 10.1 Å². The number of hydrogen-bond donors (Lipinski definition) is 1. The van der Waals surface area contributed by atoms with Crippen LogP contribution in [0, 0.1) is 16.0 Å². The Morgan fingerprint density at radius 2 is 2.00 bits per heavy atom. The number of nitro benzene ring substituents is 1. The van der Waals surface area contributed by atoms with Crippen LogP contribution < -0.4 is 10.1 Å². The highest BCUT2D eigenvalue weighted by atomic mass is 16.6. The smallest absolute Gasteiger partial charge is 0.328 e. The molecule has 0 unspecified atom stereocenters. The largest absolute Gasteiger partial charge is 0.477 e. The second kappa shape index (κ2) is 8.72. The van der Waals surface area contributed by atoms with Crippen LogP contribution in [0.5, 0.6) is 5.75 Å². The van der Waals surface area contributed by atoms with Gasteiger partial charge < -0.3 is 14.8 Å². The summed E-state index contributed by atoms with van der Waals surface area (Å²) in [4.78, 5) is 33.9. The minimum atomic E-state index is -0.785. The molecule has 0 fully saturated rings. The van der Waals surface area contributed by atoms with Gasteiger partial charge in [0.15, 0.2) is 12.4 Å². The van der Waals surface area contributed by atoms with Gasteiger partial charge in [0.05, 0.1) is 12.0 Å². The number of carbonyl (C=O) groups excluding carboxylic acids is 2. The van der Waals surface area contributed by atoms with Crippen molar-refractivity contribution in [3.63, 3.8) is 0 Å². The first-order chi connectivity index (χ1) is 10.9. The van der Waals surface area contributed by atoms with E-state index >= 15 is 0 Å². The predicted octanol–water partition coefficient (Wildman–Crippen LogP) is 1.68. The number of amides is 1. The van der Waals surface area contributed by atoms with Gasteiger partial charge >= 0.3 is 11.7 Å². The van der Waals surface area contributed by atoms with Gasteiger partial charge in [0, 0.05) is 6.07 Å². The van der Waals surface area contributed by atoms with Crippen molar-refractivity contribution in [1.82, 2.24) is 5.32 Å². The third kappa shape index (κ3) is 5.24. The molecule has 1 aromatic carbocycles. The van der Waals surface area contributed by atoms with Crippen LogP contribution in [-0.4, -0.2) is 36.6 Å². The van der Waals surface area contributed by atoms with Gasteiger partial charge in [-0.05, 0) is 12.0 Å². The summed E-state index contributed by atoms with van der Waals surface area (Å²) in [6.45, 7) is 3.26. The molecule has 1 rings (SSSR count). The average molecular weight is 324 g/mol. The third-order valence-electron chi connectivity index (χ3n) is 3.41. The fourth-order valence-corrected chi connectivity index (χ4v) is 1.88. The summed E-state index contributed by atoms with van der Waals surface area (Å²) >= 11 is 0. The number of ether oxygens (including phenoxy) is 2. The molecule has 0 aliphatic carbocycles. The Morgan fingerprint density at radius 3 is 2.57 bits per heavy atom. The zero-order valence-electron chi connectivity index (χ0n) is 13.3. The van der Waals surface area contributed by atoms with Crippen LogP contribution in [0.4, 0.5) is 5.69 Å². The summed E-state index contributed by atoms with van der Waals surface area (Å²) in [5, 5.41) is 13.4. The first-order valence-corrected chi connectivity index (χ1v) is 7.14. The summed E-state index contributed by atoms with van der Waals surface area (Å²) in [5.74, 6) is -1.22. The van der Waals surface area contributed by atoms with Gasteiger partial charge in [-0.25, -0.2) is 4.79 Å². The van der Waals surface area contributed by atoms with E-state index < -0.39 is 29.4 Å². The van der Waals surface area contributed by atoms with Gasteiger partial charge in [-0.2, -0.15) is 0 Å². The van der Waals surface area contributed by atoms with Crippen LogP contribution >= 0.6 is 0 Å². The quantitative estimate of drug-likeness (QED) is 0.443. The highest BCUT2D eigenvalue weighted by molar-refractivity contribution is 5.85. The van der Waals surface area contributed by atoms with Crippen molar-refractivity contribution in [3.8, 4) is 5.75 Å². The van der Waals surface area contributed by atoms with Crippen LogP contribution in [0.2, 0.25) is 0 Å². The average Bonchev–Trinajstić information content (AvgIpc) is 2.56. The zero-order valence-corrected chi connectivity index (χ0v) is 13.3. The Kier molecular flexibility index (Phi) is 6.98. The van der Waals surface area contributed by atoms with E-state index in [0.29, 0.717) is 6.42 Å². The first kappa shape index (κ1) is 18.4. The predicted molar refractivity (Wildman–Crippen MR) is 82.0 cm³/mol. The Labute approximate surface area is 133 Å². The number of nitrogens with zero attached hydrogens (tertiary/aromatic N) is 1. The van der Waals surface area contributed by atoms with Crippen LogP contribution in [0.25, 0.3) is 0 Å². The lowest BCUT2D eigenvalue weighted by atomic mass is 9.99. The van der Waals surface area contributed by atoms with Gasteiger partial charge in [-0.1, -0.05) is 32.4 Å². The highest BCUT2D eigenvalue weighted by Crippen LogP contribution is 2.25. The lowest BCUT2D eigenvalue weighted by Gasteiger charge is -2.21. The molecule has 0 aromatic heterocycles. The Bertz CT molecular complexity index is 575. The molecule has 2 atom stereocenters. The van der Waals surface area contributed by atoms with Gasteiger partial charge in [-0.3, -0.25) is 14.9 Å². The van der Waals surface area contributed by atoms with Crippen molar-refractivity contribution in [2.45, 2.75) is 26.3 Å². The van der Waals surface area contributed by atoms with Crippen molar-refractivity contribution >= 4 is 17.6 Å². The van der Waals surface area contributed by atoms with Gasteiger partial charge in [0.2, 0.25) is 0 Å². The van der Waals surface area contributed by atoms with E-state index in [9.17, 15) is 19.7 Å². The molecule has 0 radical (unpaired) electrons. The van der Waals surface area contributed by atoms with E-state index in [1.54, 1.807) is 6.07 Å². The van der Waals surface area contributed by atoms with Crippen LogP contribution in [0.3, 0.4) is 0 Å². The fourth-order valence-electron chi connectivity index (χ4n) is 1.88. The molecule has 0 spiro atoms. The first-order valence-electron chi connectivity index (χ1n) is 7.14. The molecule has 0 saturated heterocycles. The molecular formula is C15H20N2O6. The van der Waals surface area contributed by atoms with Gasteiger partial charge in [-0.15, -0.1) is 0 Å². The van der Waals surface area contributed by atoms with Gasteiger partial charge in [0.25, 0.3) is 5.91 Å². The number of hydrogen-bond acceptors (Lipinski definition) is 6. The molecule has 23 heavy (non-hydrogen) atoms. The number of benzene rings is 1. The fraction of sp³-hybridized carbons (Fsp3) is 0.467. The number of carbonyl (C=O) groups is 2. The maximum atomic E-state index is 11.9. The number of esters is 1. The molecule has 1 aromatic rings. The normalized spacial score (nSPS) is 12.8. The minimum absolute atomic E-state index is 0.00851. The maximum Gasteiger partial charge on any atom is 0.328 e. The molecule has 1 N–H and O–H groups in total. The second-order valence-electron chi connectivity index (χ2n) is 4.97. The highest BCUT2D eigenvalue weighted by Gasteiger charge is 2.27. The van der Waals surface area contributed by atoms with Crippen molar-refractivity contribution in [2.24, 2.45) is 5.92 Å². The number of nitro groups is 1. The molecule has 0 heterocycles. The Balaban J connectivity index is 2.69. The molecular weight excluding hydrogens is 304 g/mol. The molecule has 0 bridgehead atoms. The SMILES string of the molecule is CC[C@H](C)[C@@H](NC(=O)COc1ccccc1[N+](=O)[O-])C(=O)OC. The van der Waals surface area contributed by atoms with Gasteiger partial charge in [0.1, 0.15) is 6.04 Å². The lowest BCUT2D eigenvalue weighted by molar-refractivity contribution is -0.385. The molecule has 0 aliphatic heterocycles. The minimum Gasteiger partial charge on any atom is -0.477 e. The summed E-state index contributed by atoms with van der Waals surface area (Å²) < 4.78 is 9.85. The van der Waals surface area contributed by atoms with Crippen molar-refractivity contribution < 1.29 is 24.0 Å². The van der Waals surface area contributed by atoms with Crippen molar-refractivity contribution in [3.05, 3.63) is 34.4 Å². The van der Waals surface area contributed by atoms with E-state index in [-0.39, 0.29) is 17.4 Å². The molecule has 0 aliphatic rings. The van der Waals surface area contributed by atoms with Crippen molar-refractivity contribution in [2.75, 3.05) is 13.7 Å². The Morgan fingerprint density at radius 1 is 1.35 bits per heavy atom. The number of rotatable bonds is 8. The monoisotopic (exact) mass is 324 g/mol. The molecule has 1 amide bonds. The standard InChI is InChI=1S/C15H20N2O6/c1-4-10(2)14(15(19)22-3)16-13(18)9-23-12-8-6-5-7-11(12)17(20)21/h5-8,10,14H,4,9H2,1-3H3,(H,16,18)/t10-,14+/m0/s1. The summed E-state index contributed by atoms with van der Waals surface area (Å²) in [6.07, 6.45) is 0.672. The number of para-hydroxylation sites is 2. The Hall–Kier alpha value is -2.64. The maximum absolute atomic E-state index is 11.9. The zero-order chi connectivity index (χ0) is 17.4. The van der Waals surface area contributed by atoms with E-state index in [1.165, 1.54) is 25.3 Å². The van der Waals surface area contributed by atoms with E-state index in [4.69, 9.17) is 4.74 Å². The summed E-state index contributed by atoms with van der Waals surface area (Å²) in [6, 6.07) is 4.96.